The monoisotopic (exact) mass is 759 g/mol. The van der Waals surface area contributed by atoms with Gasteiger partial charge in [0.15, 0.2) is 0 Å². The minimum atomic E-state index is -4.55. The normalized spacial score (nSPS) is 11.5. The Hall–Kier alpha value is -6.83. The summed E-state index contributed by atoms with van der Waals surface area (Å²) in [4.78, 5) is 47.2. The molecule has 0 aliphatic carbocycles. The molecule has 2 aromatic heterocycles. The molecule has 0 unspecified atom stereocenters. The Balaban J connectivity index is 1.22. The number of carbonyl (C=O) groups excluding carboxylic acids is 2. The molecule has 286 valence electrons. The molecule has 0 fully saturated rings. The Morgan fingerprint density at radius 1 is 0.679 bits per heavy atom. The van der Waals surface area contributed by atoms with Crippen molar-refractivity contribution in [1.82, 2.24) is 30.2 Å². The van der Waals surface area contributed by atoms with E-state index in [4.69, 9.17) is 11.5 Å². The Labute approximate surface area is 322 Å². The van der Waals surface area contributed by atoms with Crippen LogP contribution in [0.2, 0.25) is 0 Å². The molecule has 14 heteroatoms. The number of hydrogen-bond acceptors (Lipinski definition) is 8. The van der Waals surface area contributed by atoms with Crippen molar-refractivity contribution in [2.75, 3.05) is 16.4 Å². The van der Waals surface area contributed by atoms with Crippen LogP contribution in [0.4, 0.5) is 35.5 Å². The third-order valence-corrected chi connectivity index (χ3v) is 8.92. The second-order valence-electron chi connectivity index (χ2n) is 14.1. The molecule has 0 radical (unpaired) electrons. The minimum Gasteiger partial charge on any atom is -0.368 e. The molecule has 0 saturated heterocycles. The van der Waals surface area contributed by atoms with E-state index >= 15 is 0 Å². The van der Waals surface area contributed by atoms with E-state index in [1.54, 1.807) is 77.8 Å². The lowest BCUT2D eigenvalue weighted by Crippen LogP contribution is -2.51. The number of rotatable bonds is 10. The topological polar surface area (TPSA) is 156 Å². The van der Waals surface area contributed by atoms with Crippen molar-refractivity contribution in [3.8, 4) is 22.5 Å². The highest BCUT2D eigenvalue weighted by Crippen LogP contribution is 2.32. The van der Waals surface area contributed by atoms with Gasteiger partial charge in [0.05, 0.1) is 23.5 Å². The van der Waals surface area contributed by atoms with Crippen molar-refractivity contribution in [2.45, 2.75) is 52.1 Å². The highest BCUT2D eigenvalue weighted by molar-refractivity contribution is 5.94. The third kappa shape index (κ3) is 9.63. The predicted octanol–water partition coefficient (Wildman–Crippen LogP) is 8.14. The van der Waals surface area contributed by atoms with Gasteiger partial charge < -0.3 is 21.7 Å². The smallest absolute Gasteiger partial charge is 0.368 e. The molecular weight excluding hydrogens is 720 g/mol. The number of alkyl halides is 3. The largest absolute Gasteiger partial charge is 0.416 e. The van der Waals surface area contributed by atoms with Gasteiger partial charge in [-0.15, -0.1) is 0 Å². The first kappa shape index (κ1) is 38.9. The summed E-state index contributed by atoms with van der Waals surface area (Å²) >= 11 is 0. The number of carbonyl (C=O) groups is 2. The number of halogens is 3. The molecule has 0 aliphatic rings. The number of benzene rings is 4. The third-order valence-electron chi connectivity index (χ3n) is 8.92. The summed E-state index contributed by atoms with van der Waals surface area (Å²) in [5.74, 6) is -0.00224. The molecule has 0 bridgehead atoms. The zero-order valence-corrected chi connectivity index (χ0v) is 31.0. The Bertz CT molecular complexity index is 2330. The number of amides is 3. The molecule has 0 atom stereocenters. The zero-order chi connectivity index (χ0) is 40.0. The summed E-state index contributed by atoms with van der Waals surface area (Å²) in [5, 5.41) is 2.95. The van der Waals surface area contributed by atoms with Crippen molar-refractivity contribution in [3.63, 3.8) is 0 Å². The van der Waals surface area contributed by atoms with Crippen molar-refractivity contribution < 1.29 is 22.8 Å². The second-order valence-corrected chi connectivity index (χ2v) is 14.1. The fraction of sp³-hybridized carbons (Fsp3) is 0.190. The van der Waals surface area contributed by atoms with Gasteiger partial charge in [-0.1, -0.05) is 60.7 Å². The van der Waals surface area contributed by atoms with Gasteiger partial charge in [-0.3, -0.25) is 9.69 Å². The van der Waals surface area contributed by atoms with Gasteiger partial charge in [0, 0.05) is 53.4 Å². The van der Waals surface area contributed by atoms with E-state index in [0.29, 0.717) is 28.2 Å². The van der Waals surface area contributed by atoms with E-state index in [0.717, 1.165) is 34.4 Å². The van der Waals surface area contributed by atoms with E-state index in [1.807, 2.05) is 45.0 Å². The highest BCUT2D eigenvalue weighted by Gasteiger charge is 2.33. The lowest BCUT2D eigenvalue weighted by molar-refractivity contribution is -0.137. The average Bonchev–Trinajstić information content (AvgIpc) is 3.17. The zero-order valence-electron chi connectivity index (χ0n) is 31.0. The quantitative estimate of drug-likeness (QED) is 0.126. The van der Waals surface area contributed by atoms with Gasteiger partial charge >= 0.3 is 12.2 Å². The van der Waals surface area contributed by atoms with Crippen LogP contribution in [0.1, 0.15) is 53.4 Å². The van der Waals surface area contributed by atoms with Crippen LogP contribution in [0.5, 0.6) is 0 Å². The summed E-state index contributed by atoms with van der Waals surface area (Å²) in [6.07, 6.45) is -1.44. The fourth-order valence-corrected chi connectivity index (χ4v) is 6.01. The number of nitrogens with zero attached hydrogens (tertiary/aromatic N) is 6. The van der Waals surface area contributed by atoms with Gasteiger partial charge in [0.25, 0.3) is 5.91 Å². The molecule has 6 rings (SSSR count). The standard InChI is InChI=1S/C42H40F3N9O2/c1-41(2,3)54(26-28-7-4-6-27(22-28)24-50-37(55)32-12-10-30(11-13-32)35-18-20-48-38(46)51-35)40(56)53(25-29-8-5-9-33(23-29)42(43,44)45)34-16-14-31(15-17-34)36-19-21-49-39(47)52-36/h4-23H,24-26H2,1-3H3,(H,50,55)(H2,46,48,51)(H2,47,49,52). The van der Waals surface area contributed by atoms with Gasteiger partial charge in [0.1, 0.15) is 0 Å². The van der Waals surface area contributed by atoms with Crippen LogP contribution in [0.15, 0.2) is 122 Å². The van der Waals surface area contributed by atoms with E-state index < -0.39 is 23.3 Å². The second kappa shape index (κ2) is 16.3. The molecule has 56 heavy (non-hydrogen) atoms. The number of hydrogen-bond donors (Lipinski definition) is 3. The van der Waals surface area contributed by atoms with E-state index in [1.165, 1.54) is 17.2 Å². The maximum absolute atomic E-state index is 14.7. The summed E-state index contributed by atoms with van der Waals surface area (Å²) in [5.41, 5.74) is 15.5. The average molecular weight is 760 g/mol. The Morgan fingerprint density at radius 3 is 1.77 bits per heavy atom. The first-order valence-electron chi connectivity index (χ1n) is 17.6. The molecule has 6 aromatic rings. The number of nitrogen functional groups attached to an aromatic ring is 2. The summed E-state index contributed by atoms with van der Waals surface area (Å²) in [7, 11) is 0. The van der Waals surface area contributed by atoms with Crippen LogP contribution >= 0.6 is 0 Å². The lowest BCUT2D eigenvalue weighted by Gasteiger charge is -2.39. The Kier molecular flexibility index (Phi) is 11.3. The minimum absolute atomic E-state index is 0.108. The van der Waals surface area contributed by atoms with E-state index in [-0.39, 0.29) is 37.4 Å². The molecular formula is C42H40F3N9O2. The first-order chi connectivity index (χ1) is 26.6. The van der Waals surface area contributed by atoms with Crippen LogP contribution in [0, 0.1) is 0 Å². The molecule has 0 saturated carbocycles. The van der Waals surface area contributed by atoms with E-state index in [9.17, 15) is 22.8 Å². The fourth-order valence-electron chi connectivity index (χ4n) is 6.01. The molecule has 4 aromatic carbocycles. The lowest BCUT2D eigenvalue weighted by atomic mass is 10.0. The predicted molar refractivity (Wildman–Crippen MR) is 210 cm³/mol. The summed E-state index contributed by atoms with van der Waals surface area (Å²) < 4.78 is 41.1. The van der Waals surface area contributed by atoms with Crippen molar-refractivity contribution in [2.24, 2.45) is 0 Å². The van der Waals surface area contributed by atoms with Crippen LogP contribution in [-0.4, -0.2) is 42.3 Å². The van der Waals surface area contributed by atoms with Crippen molar-refractivity contribution in [1.29, 1.82) is 0 Å². The summed E-state index contributed by atoms with van der Waals surface area (Å²) in [6, 6.07) is 29.5. The number of nitrogens with two attached hydrogens (primary N) is 2. The molecule has 11 nitrogen and oxygen atoms in total. The van der Waals surface area contributed by atoms with Crippen molar-refractivity contribution in [3.05, 3.63) is 149 Å². The van der Waals surface area contributed by atoms with Gasteiger partial charge in [-0.05, 0) is 86.0 Å². The highest BCUT2D eigenvalue weighted by atomic mass is 19.4. The molecule has 0 aliphatic heterocycles. The number of urea groups is 1. The SMILES string of the molecule is CC(C)(C)N(Cc1cccc(CNC(=O)c2ccc(-c3ccnc(N)n3)cc2)c1)C(=O)N(Cc1cccc(C(F)(F)F)c1)c1ccc(-c2ccnc(N)n2)cc1. The van der Waals surface area contributed by atoms with Crippen molar-refractivity contribution >= 4 is 29.5 Å². The first-order valence-corrected chi connectivity index (χ1v) is 17.6. The number of aromatic nitrogens is 4. The maximum atomic E-state index is 14.7. The van der Waals surface area contributed by atoms with Crippen LogP contribution in [0.3, 0.4) is 0 Å². The molecule has 0 spiro atoms. The van der Waals surface area contributed by atoms with Crippen LogP contribution in [-0.2, 0) is 25.8 Å². The molecule has 5 N–H and O–H groups in total. The molecule has 3 amide bonds. The number of nitrogens with one attached hydrogen (secondary N) is 1. The number of anilines is 3. The van der Waals surface area contributed by atoms with Crippen LogP contribution in [0.25, 0.3) is 22.5 Å². The summed E-state index contributed by atoms with van der Waals surface area (Å²) in [6.45, 7) is 5.96. The van der Waals surface area contributed by atoms with Crippen LogP contribution < -0.4 is 21.7 Å². The maximum Gasteiger partial charge on any atom is 0.416 e. The van der Waals surface area contributed by atoms with E-state index in [2.05, 4.69) is 25.3 Å². The Morgan fingerprint density at radius 2 is 1.21 bits per heavy atom. The molecule has 2 heterocycles. The van der Waals surface area contributed by atoms with Gasteiger partial charge in [-0.2, -0.15) is 13.2 Å². The van der Waals surface area contributed by atoms with Gasteiger partial charge in [-0.25, -0.2) is 24.7 Å². The van der Waals surface area contributed by atoms with Gasteiger partial charge in [0.2, 0.25) is 11.9 Å².